The fourth-order valence-electron chi connectivity index (χ4n) is 4.19. The first-order valence-electron chi connectivity index (χ1n) is 8.99. The van der Waals surface area contributed by atoms with Crippen molar-refractivity contribution in [1.82, 2.24) is 19.9 Å². The molecule has 3 heterocycles. The standard InChI is InChI=1S/C18H21F2N5O2/c1-27-10-11-9-24(23-22-11)14-7-12-5-6-13(8-14)25(12)18(26)21-17-15(19)3-2-4-16(17)20/h2-4,9,12-14H,5-8,10H2,1H3,(H,21,26). The predicted molar refractivity (Wildman–Crippen MR) is 93.0 cm³/mol. The molecule has 2 bridgehead atoms. The average molecular weight is 377 g/mol. The minimum atomic E-state index is -0.779. The van der Waals surface area contributed by atoms with Gasteiger partial charge in [0.1, 0.15) is 23.0 Å². The van der Waals surface area contributed by atoms with Crippen LogP contribution < -0.4 is 5.32 Å². The molecule has 4 rings (SSSR count). The molecule has 1 aromatic carbocycles. The molecule has 2 saturated heterocycles. The van der Waals surface area contributed by atoms with Crippen LogP contribution in [-0.4, -0.2) is 45.1 Å². The molecular formula is C18H21F2N5O2. The van der Waals surface area contributed by atoms with Crippen molar-refractivity contribution in [3.8, 4) is 0 Å². The van der Waals surface area contributed by atoms with Crippen molar-refractivity contribution in [2.75, 3.05) is 12.4 Å². The van der Waals surface area contributed by atoms with Crippen molar-refractivity contribution in [3.63, 3.8) is 0 Å². The van der Waals surface area contributed by atoms with E-state index in [0.717, 1.165) is 43.5 Å². The Morgan fingerprint density at radius 3 is 2.52 bits per heavy atom. The second-order valence-corrected chi connectivity index (χ2v) is 7.07. The summed E-state index contributed by atoms with van der Waals surface area (Å²) in [5.74, 6) is -1.56. The van der Waals surface area contributed by atoms with E-state index in [4.69, 9.17) is 4.74 Å². The van der Waals surface area contributed by atoms with Crippen LogP contribution in [0.4, 0.5) is 19.3 Å². The van der Waals surface area contributed by atoms with E-state index < -0.39 is 23.4 Å². The molecule has 1 N–H and O–H groups in total. The van der Waals surface area contributed by atoms with E-state index in [1.54, 1.807) is 12.0 Å². The molecule has 2 amide bonds. The van der Waals surface area contributed by atoms with E-state index in [1.807, 2.05) is 10.9 Å². The number of urea groups is 1. The summed E-state index contributed by atoms with van der Waals surface area (Å²) in [4.78, 5) is 14.4. The van der Waals surface area contributed by atoms with Gasteiger partial charge < -0.3 is 15.0 Å². The number of hydrogen-bond acceptors (Lipinski definition) is 4. The zero-order valence-electron chi connectivity index (χ0n) is 14.9. The number of anilines is 1. The molecule has 2 atom stereocenters. The summed E-state index contributed by atoms with van der Waals surface area (Å²) in [6, 6.07) is 3.24. The van der Waals surface area contributed by atoms with Gasteiger partial charge in [-0.05, 0) is 37.8 Å². The molecule has 0 spiro atoms. The predicted octanol–water partition coefficient (Wildman–Crippen LogP) is 3.10. The summed E-state index contributed by atoms with van der Waals surface area (Å²) in [5, 5.41) is 10.7. The number of nitrogens with zero attached hydrogens (tertiary/aromatic N) is 4. The number of carbonyl (C=O) groups is 1. The van der Waals surface area contributed by atoms with E-state index in [2.05, 4.69) is 15.6 Å². The lowest BCUT2D eigenvalue weighted by molar-refractivity contribution is 0.128. The number of methoxy groups -OCH3 is 1. The molecule has 9 heteroatoms. The molecule has 0 radical (unpaired) electrons. The molecule has 27 heavy (non-hydrogen) atoms. The lowest BCUT2D eigenvalue weighted by Gasteiger charge is -2.38. The number of benzene rings is 1. The molecule has 7 nitrogen and oxygen atoms in total. The lowest BCUT2D eigenvalue weighted by atomic mass is 9.98. The SMILES string of the molecule is COCc1cn(C2CC3CCC(C2)N3C(=O)Nc2c(F)cccc2F)nn1. The van der Waals surface area contributed by atoms with E-state index in [9.17, 15) is 13.6 Å². The highest BCUT2D eigenvalue weighted by molar-refractivity contribution is 5.90. The van der Waals surface area contributed by atoms with Gasteiger partial charge in [0.15, 0.2) is 0 Å². The number of nitrogens with one attached hydrogen (secondary N) is 1. The molecule has 0 aliphatic carbocycles. The highest BCUT2D eigenvalue weighted by Crippen LogP contribution is 2.41. The van der Waals surface area contributed by atoms with Crippen LogP contribution in [0.5, 0.6) is 0 Å². The molecule has 0 saturated carbocycles. The summed E-state index contributed by atoms with van der Waals surface area (Å²) in [6.45, 7) is 0.405. The zero-order valence-corrected chi connectivity index (χ0v) is 14.9. The molecular weight excluding hydrogens is 356 g/mol. The first-order chi connectivity index (χ1) is 13.1. The van der Waals surface area contributed by atoms with Gasteiger partial charge in [-0.25, -0.2) is 18.3 Å². The number of para-hydroxylation sites is 1. The summed E-state index contributed by atoms with van der Waals surface area (Å²) < 4.78 is 34.6. The number of amides is 2. The Morgan fingerprint density at radius 1 is 1.22 bits per heavy atom. The summed E-state index contributed by atoms with van der Waals surface area (Å²) >= 11 is 0. The molecule has 2 unspecified atom stereocenters. The number of rotatable bonds is 4. The third-order valence-corrected chi connectivity index (χ3v) is 5.36. The number of ether oxygens (including phenoxy) is 1. The van der Waals surface area contributed by atoms with Gasteiger partial charge in [-0.15, -0.1) is 5.10 Å². The van der Waals surface area contributed by atoms with Crippen LogP contribution >= 0.6 is 0 Å². The summed E-state index contributed by atoms with van der Waals surface area (Å²) in [7, 11) is 1.61. The number of aromatic nitrogens is 3. The number of halogens is 2. The van der Waals surface area contributed by atoms with Crippen LogP contribution in [0.2, 0.25) is 0 Å². The van der Waals surface area contributed by atoms with E-state index in [0.29, 0.717) is 6.61 Å². The minimum Gasteiger partial charge on any atom is -0.378 e. The van der Waals surface area contributed by atoms with Crippen molar-refractivity contribution < 1.29 is 18.3 Å². The smallest absolute Gasteiger partial charge is 0.322 e. The van der Waals surface area contributed by atoms with Crippen LogP contribution in [0.1, 0.15) is 37.4 Å². The average Bonchev–Trinajstić information content (AvgIpc) is 3.21. The second kappa shape index (κ2) is 7.22. The fraction of sp³-hybridized carbons (Fsp3) is 0.500. The minimum absolute atomic E-state index is 0.0126. The zero-order chi connectivity index (χ0) is 19.0. The number of fused-ring (bicyclic) bond motifs is 2. The van der Waals surface area contributed by atoms with Crippen molar-refractivity contribution in [3.05, 3.63) is 41.7 Å². The molecule has 1 aromatic heterocycles. The van der Waals surface area contributed by atoms with E-state index >= 15 is 0 Å². The monoisotopic (exact) mass is 377 g/mol. The molecule has 144 valence electrons. The van der Waals surface area contributed by atoms with Gasteiger partial charge in [0.25, 0.3) is 0 Å². The van der Waals surface area contributed by atoms with Crippen molar-refractivity contribution >= 4 is 11.7 Å². The van der Waals surface area contributed by atoms with Crippen molar-refractivity contribution in [1.29, 1.82) is 0 Å². The Balaban J connectivity index is 1.46. The van der Waals surface area contributed by atoms with Crippen LogP contribution in [0.3, 0.4) is 0 Å². The Kier molecular flexibility index (Phi) is 4.77. The highest BCUT2D eigenvalue weighted by Gasteiger charge is 2.44. The van der Waals surface area contributed by atoms with Gasteiger partial charge in [-0.2, -0.15) is 0 Å². The number of piperidine rings is 1. The number of carbonyl (C=O) groups excluding carboxylic acids is 1. The normalized spacial score (nSPS) is 24.3. The Hall–Kier alpha value is -2.55. The number of hydrogen-bond donors (Lipinski definition) is 1. The third-order valence-electron chi connectivity index (χ3n) is 5.36. The second-order valence-electron chi connectivity index (χ2n) is 7.07. The van der Waals surface area contributed by atoms with Gasteiger partial charge in [0.05, 0.1) is 18.8 Å². The first kappa shape index (κ1) is 17.8. The first-order valence-corrected chi connectivity index (χ1v) is 8.99. The van der Waals surface area contributed by atoms with E-state index in [1.165, 1.54) is 6.07 Å². The maximum Gasteiger partial charge on any atom is 0.322 e. The summed E-state index contributed by atoms with van der Waals surface area (Å²) in [6.07, 6.45) is 5.08. The van der Waals surface area contributed by atoms with Gasteiger partial charge in [0.2, 0.25) is 0 Å². The quantitative estimate of drug-likeness (QED) is 0.889. The molecule has 2 aliphatic rings. The van der Waals surface area contributed by atoms with E-state index in [-0.39, 0.29) is 18.1 Å². The Bertz CT molecular complexity index is 809. The topological polar surface area (TPSA) is 72.3 Å². The Labute approximate surface area is 155 Å². The maximum absolute atomic E-state index is 13.8. The molecule has 2 aliphatic heterocycles. The van der Waals surface area contributed by atoms with Crippen LogP contribution in [0.25, 0.3) is 0 Å². The molecule has 2 fully saturated rings. The molecule has 2 aromatic rings. The lowest BCUT2D eigenvalue weighted by Crippen LogP contribution is -2.49. The summed E-state index contributed by atoms with van der Waals surface area (Å²) in [5.41, 5.74) is 0.365. The Morgan fingerprint density at radius 2 is 1.89 bits per heavy atom. The van der Waals surface area contributed by atoms with Gasteiger partial charge >= 0.3 is 6.03 Å². The van der Waals surface area contributed by atoms with Gasteiger partial charge in [-0.3, -0.25) is 0 Å². The highest BCUT2D eigenvalue weighted by atomic mass is 19.1. The van der Waals surface area contributed by atoms with Crippen LogP contribution in [0, 0.1) is 11.6 Å². The largest absolute Gasteiger partial charge is 0.378 e. The maximum atomic E-state index is 13.8. The third kappa shape index (κ3) is 3.39. The van der Waals surface area contributed by atoms with Crippen molar-refractivity contribution in [2.45, 2.75) is 50.4 Å². The van der Waals surface area contributed by atoms with Crippen molar-refractivity contribution in [2.24, 2.45) is 0 Å². The van der Waals surface area contributed by atoms with Crippen LogP contribution in [-0.2, 0) is 11.3 Å². The van der Waals surface area contributed by atoms with Gasteiger partial charge in [-0.1, -0.05) is 11.3 Å². The van der Waals surface area contributed by atoms with Crippen LogP contribution in [0.15, 0.2) is 24.4 Å². The van der Waals surface area contributed by atoms with Gasteiger partial charge in [0, 0.05) is 19.2 Å². The fourth-order valence-corrected chi connectivity index (χ4v) is 4.19.